The van der Waals surface area contributed by atoms with E-state index in [4.69, 9.17) is 18.5 Å². The molecule has 0 bridgehead atoms. The molecule has 0 aromatic rings. The highest BCUT2D eigenvalue weighted by molar-refractivity contribution is 7.45. The number of rotatable bonds is 26. The van der Waals surface area contributed by atoms with E-state index in [1.54, 1.807) is 0 Å². The first-order valence-corrected chi connectivity index (χ1v) is 15.4. The lowest BCUT2D eigenvalue weighted by molar-refractivity contribution is -0.870. The van der Waals surface area contributed by atoms with E-state index in [2.05, 4.69) is 13.5 Å². The van der Waals surface area contributed by atoms with Crippen LogP contribution in [0.15, 0.2) is 12.7 Å². The molecule has 8 nitrogen and oxygen atoms in total. The molecule has 0 saturated carbocycles. The minimum Gasteiger partial charge on any atom is -0.756 e. The van der Waals surface area contributed by atoms with Gasteiger partial charge in [0.1, 0.15) is 19.3 Å². The second-order valence-electron chi connectivity index (χ2n) is 10.5. The summed E-state index contributed by atoms with van der Waals surface area (Å²) in [5, 5.41) is 0. The molecule has 0 aromatic carbocycles. The lowest BCUT2D eigenvalue weighted by Gasteiger charge is -2.28. The normalized spacial score (nSPS) is 14.4. The maximum Gasteiger partial charge on any atom is 0.330 e. The Hall–Kier alpha value is -0.760. The molecule has 0 aliphatic carbocycles. The van der Waals surface area contributed by atoms with Crippen LogP contribution >= 0.6 is 7.82 Å². The van der Waals surface area contributed by atoms with Crippen molar-refractivity contribution >= 4 is 13.8 Å². The molecule has 0 aromatic heterocycles. The van der Waals surface area contributed by atoms with Gasteiger partial charge in [-0.25, -0.2) is 4.79 Å². The van der Waals surface area contributed by atoms with Crippen molar-refractivity contribution in [2.45, 2.75) is 103 Å². The molecule has 0 rings (SSSR count). The zero-order valence-corrected chi connectivity index (χ0v) is 24.4. The van der Waals surface area contributed by atoms with Gasteiger partial charge in [-0.3, -0.25) is 4.57 Å². The predicted octanol–water partition coefficient (Wildman–Crippen LogP) is 5.79. The van der Waals surface area contributed by atoms with Crippen molar-refractivity contribution in [2.24, 2.45) is 0 Å². The number of ether oxygens (including phenoxy) is 2. The number of nitrogens with zero attached hydrogens (tertiary/aromatic N) is 1. The number of carbonyl (C=O) groups excluding carboxylic acids is 1. The summed E-state index contributed by atoms with van der Waals surface area (Å²) in [7, 11) is 1.30. The van der Waals surface area contributed by atoms with E-state index in [1.165, 1.54) is 77.0 Å². The molecular formula is C27H54NO7P. The fourth-order valence-corrected chi connectivity index (χ4v) is 4.31. The third kappa shape index (κ3) is 24.9. The number of phosphoric acid groups is 1. The number of unbranched alkanes of at least 4 members (excludes halogenated alkanes) is 13. The van der Waals surface area contributed by atoms with E-state index >= 15 is 0 Å². The Kier molecular flexibility index (Phi) is 21.8. The van der Waals surface area contributed by atoms with Gasteiger partial charge < -0.3 is 27.9 Å². The number of likely N-dealkylation sites (N-methyl/N-ethyl adjacent to an activating group) is 1. The van der Waals surface area contributed by atoms with Crippen molar-refractivity contribution in [3.05, 3.63) is 12.7 Å². The van der Waals surface area contributed by atoms with Crippen molar-refractivity contribution in [1.82, 2.24) is 0 Å². The van der Waals surface area contributed by atoms with E-state index < -0.39 is 19.9 Å². The van der Waals surface area contributed by atoms with Crippen LogP contribution in [0.3, 0.4) is 0 Å². The molecule has 36 heavy (non-hydrogen) atoms. The van der Waals surface area contributed by atoms with Gasteiger partial charge in [0, 0.05) is 12.7 Å². The molecular weight excluding hydrogens is 481 g/mol. The molecule has 0 heterocycles. The first-order chi connectivity index (χ1) is 17.1. The van der Waals surface area contributed by atoms with E-state index in [-0.39, 0.29) is 19.8 Å². The van der Waals surface area contributed by atoms with Crippen LogP contribution < -0.4 is 4.89 Å². The fraction of sp³-hybridized carbons (Fsp3) is 0.889. The van der Waals surface area contributed by atoms with Gasteiger partial charge in [-0.15, -0.1) is 0 Å². The second kappa shape index (κ2) is 22.2. The standard InChI is InChI=1S/C27H54NO7P/c1-6-8-9-10-11-12-13-14-15-16-17-18-19-20-22-32-24-26(35-27(29)7-2)25-34-36(30,31)33-23-21-28(3,4)5/h7,26H,2,6,8-25H2,1,3-5H3/t26-/m1/s1. The molecule has 0 N–H and O–H groups in total. The van der Waals surface area contributed by atoms with Crippen LogP contribution in [0.4, 0.5) is 0 Å². The predicted molar refractivity (Wildman–Crippen MR) is 144 cm³/mol. The fourth-order valence-electron chi connectivity index (χ4n) is 3.58. The van der Waals surface area contributed by atoms with E-state index in [0.29, 0.717) is 17.6 Å². The molecule has 0 fully saturated rings. The molecule has 0 saturated heterocycles. The Bertz CT molecular complexity index is 595. The monoisotopic (exact) mass is 535 g/mol. The van der Waals surface area contributed by atoms with Crippen LogP contribution in [0.5, 0.6) is 0 Å². The van der Waals surface area contributed by atoms with Gasteiger partial charge in [0.2, 0.25) is 0 Å². The average Bonchev–Trinajstić information content (AvgIpc) is 2.81. The highest BCUT2D eigenvalue weighted by Crippen LogP contribution is 2.38. The van der Waals surface area contributed by atoms with Crippen LogP contribution in [0.1, 0.15) is 96.8 Å². The maximum absolute atomic E-state index is 12.0. The third-order valence-electron chi connectivity index (χ3n) is 5.83. The number of carbonyl (C=O) groups is 1. The van der Waals surface area contributed by atoms with Crippen LogP contribution in [0, 0.1) is 0 Å². The Labute approximate surface area is 220 Å². The lowest BCUT2D eigenvalue weighted by Crippen LogP contribution is -2.37. The summed E-state index contributed by atoms with van der Waals surface area (Å²) in [6, 6.07) is 0. The Morgan fingerprint density at radius 1 is 0.833 bits per heavy atom. The summed E-state index contributed by atoms with van der Waals surface area (Å²) < 4.78 is 33.1. The van der Waals surface area contributed by atoms with Crippen LogP contribution in [-0.2, 0) is 27.9 Å². The van der Waals surface area contributed by atoms with E-state index in [9.17, 15) is 14.3 Å². The smallest absolute Gasteiger partial charge is 0.330 e. The summed E-state index contributed by atoms with van der Waals surface area (Å²) in [5.74, 6) is -0.657. The summed E-state index contributed by atoms with van der Waals surface area (Å²) in [4.78, 5) is 23.5. The molecule has 0 spiro atoms. The van der Waals surface area contributed by atoms with Crippen molar-refractivity contribution in [1.29, 1.82) is 0 Å². The highest BCUT2D eigenvalue weighted by atomic mass is 31.2. The molecule has 9 heteroatoms. The summed E-state index contributed by atoms with van der Waals surface area (Å²) in [6.07, 6.45) is 18.2. The first kappa shape index (κ1) is 35.2. The zero-order chi connectivity index (χ0) is 27.1. The Morgan fingerprint density at radius 3 is 1.81 bits per heavy atom. The topological polar surface area (TPSA) is 94.1 Å². The number of quaternary nitrogens is 1. The SMILES string of the molecule is C=CC(=O)O[C@H](COCCCCCCCCCCCCCCCC)COP(=O)([O-])OCC[N+](C)(C)C. The van der Waals surface area contributed by atoms with E-state index in [1.807, 2.05) is 21.1 Å². The zero-order valence-electron chi connectivity index (χ0n) is 23.5. The van der Waals surface area contributed by atoms with Crippen molar-refractivity contribution in [2.75, 3.05) is 54.1 Å². The summed E-state index contributed by atoms with van der Waals surface area (Å²) in [5.41, 5.74) is 0. The van der Waals surface area contributed by atoms with Gasteiger partial charge in [0.25, 0.3) is 7.82 Å². The third-order valence-corrected chi connectivity index (χ3v) is 6.79. The number of phosphoric ester groups is 1. The molecule has 2 atom stereocenters. The largest absolute Gasteiger partial charge is 0.756 e. The Morgan fingerprint density at radius 2 is 1.33 bits per heavy atom. The Balaban J connectivity index is 3.88. The van der Waals surface area contributed by atoms with Gasteiger partial charge >= 0.3 is 5.97 Å². The van der Waals surface area contributed by atoms with Crippen molar-refractivity contribution in [3.63, 3.8) is 0 Å². The summed E-state index contributed by atoms with van der Waals surface area (Å²) in [6.45, 7) is 6.36. The van der Waals surface area contributed by atoms with Crippen LogP contribution in [0.2, 0.25) is 0 Å². The lowest BCUT2D eigenvalue weighted by atomic mass is 10.0. The van der Waals surface area contributed by atoms with Gasteiger partial charge in [0.05, 0.1) is 34.4 Å². The van der Waals surface area contributed by atoms with Crippen LogP contribution in [-0.4, -0.2) is 70.7 Å². The van der Waals surface area contributed by atoms with Crippen LogP contribution in [0.25, 0.3) is 0 Å². The number of esters is 1. The second-order valence-corrected chi connectivity index (χ2v) is 11.9. The van der Waals surface area contributed by atoms with Gasteiger partial charge in [-0.05, 0) is 6.42 Å². The van der Waals surface area contributed by atoms with E-state index in [0.717, 1.165) is 18.9 Å². The highest BCUT2D eigenvalue weighted by Gasteiger charge is 2.19. The molecule has 0 radical (unpaired) electrons. The van der Waals surface area contributed by atoms with Gasteiger partial charge in [0.15, 0.2) is 0 Å². The average molecular weight is 536 g/mol. The van der Waals surface area contributed by atoms with Crippen molar-refractivity contribution < 1.29 is 37.3 Å². The summed E-state index contributed by atoms with van der Waals surface area (Å²) >= 11 is 0. The molecule has 0 aliphatic heterocycles. The first-order valence-electron chi connectivity index (χ1n) is 13.9. The number of hydrogen-bond donors (Lipinski definition) is 0. The molecule has 0 amide bonds. The quantitative estimate of drug-likeness (QED) is 0.0455. The van der Waals surface area contributed by atoms with Gasteiger partial charge in [-0.1, -0.05) is 97.0 Å². The molecule has 1 unspecified atom stereocenters. The molecule has 214 valence electrons. The van der Waals surface area contributed by atoms with Gasteiger partial charge in [-0.2, -0.15) is 0 Å². The minimum atomic E-state index is -4.49. The number of hydrogen-bond acceptors (Lipinski definition) is 7. The minimum absolute atomic E-state index is 0.0109. The molecule has 0 aliphatic rings. The van der Waals surface area contributed by atoms with Crippen molar-refractivity contribution in [3.8, 4) is 0 Å². The maximum atomic E-state index is 12.0.